The fraction of sp³-hybridized carbons (Fsp3) is 0.318. The minimum absolute atomic E-state index is 0.0931. The zero-order valence-electron chi connectivity index (χ0n) is 16.1. The number of aromatic nitrogens is 2. The number of ether oxygens (including phenoxy) is 1. The number of hydrogen-bond acceptors (Lipinski definition) is 5. The molecule has 6 heteroatoms. The van der Waals surface area contributed by atoms with E-state index < -0.39 is 0 Å². The summed E-state index contributed by atoms with van der Waals surface area (Å²) >= 11 is 0. The van der Waals surface area contributed by atoms with E-state index in [1.54, 1.807) is 7.11 Å². The third kappa shape index (κ3) is 3.76. The van der Waals surface area contributed by atoms with Crippen LogP contribution in [0.15, 0.2) is 53.1 Å². The van der Waals surface area contributed by atoms with Gasteiger partial charge in [0, 0.05) is 12.1 Å². The lowest BCUT2D eigenvalue weighted by Gasteiger charge is -2.22. The third-order valence-corrected chi connectivity index (χ3v) is 5.12. The summed E-state index contributed by atoms with van der Waals surface area (Å²) in [5.41, 5.74) is 3.06. The minimum Gasteiger partial charge on any atom is -0.497 e. The molecule has 0 N–H and O–H groups in total. The van der Waals surface area contributed by atoms with Crippen molar-refractivity contribution in [2.75, 3.05) is 13.7 Å². The average molecular weight is 377 g/mol. The maximum absolute atomic E-state index is 12.9. The van der Waals surface area contributed by atoms with Gasteiger partial charge in [0.05, 0.1) is 13.5 Å². The van der Waals surface area contributed by atoms with Gasteiger partial charge < -0.3 is 14.2 Å². The molecule has 0 aliphatic carbocycles. The van der Waals surface area contributed by atoms with E-state index in [2.05, 4.69) is 10.1 Å². The van der Waals surface area contributed by atoms with Crippen LogP contribution in [0.2, 0.25) is 0 Å². The molecule has 3 aromatic rings. The first-order valence-corrected chi connectivity index (χ1v) is 9.47. The van der Waals surface area contributed by atoms with Crippen LogP contribution < -0.4 is 4.74 Å². The topological polar surface area (TPSA) is 68.5 Å². The highest BCUT2D eigenvalue weighted by Crippen LogP contribution is 2.32. The van der Waals surface area contributed by atoms with Gasteiger partial charge in [-0.3, -0.25) is 4.79 Å². The molecule has 1 aromatic heterocycles. The Bertz CT molecular complexity index is 948. The zero-order valence-corrected chi connectivity index (χ0v) is 16.1. The van der Waals surface area contributed by atoms with Gasteiger partial charge in [0.25, 0.3) is 0 Å². The summed E-state index contributed by atoms with van der Waals surface area (Å²) in [5, 5.41) is 4.11. The van der Waals surface area contributed by atoms with E-state index in [1.165, 1.54) is 5.56 Å². The van der Waals surface area contributed by atoms with Crippen LogP contribution in [0.1, 0.15) is 35.9 Å². The van der Waals surface area contributed by atoms with Crippen molar-refractivity contribution < 1.29 is 14.1 Å². The van der Waals surface area contributed by atoms with Crippen molar-refractivity contribution in [3.05, 3.63) is 65.5 Å². The van der Waals surface area contributed by atoms with Crippen LogP contribution in [0.3, 0.4) is 0 Å². The quantitative estimate of drug-likeness (QED) is 0.673. The number of amides is 1. The largest absolute Gasteiger partial charge is 0.497 e. The summed E-state index contributed by atoms with van der Waals surface area (Å²) in [4.78, 5) is 19.3. The molecule has 0 bridgehead atoms. The van der Waals surface area contributed by atoms with E-state index in [0.717, 1.165) is 36.3 Å². The first kappa shape index (κ1) is 18.2. The lowest BCUT2D eigenvalue weighted by atomic mass is 10.1. The molecular weight excluding hydrogens is 354 g/mol. The first-order valence-electron chi connectivity index (χ1n) is 9.47. The van der Waals surface area contributed by atoms with Crippen molar-refractivity contribution in [2.45, 2.75) is 32.2 Å². The van der Waals surface area contributed by atoms with Crippen LogP contribution in [-0.4, -0.2) is 34.6 Å². The minimum atomic E-state index is -0.155. The number of carbonyl (C=O) groups excluding carboxylic acids is 1. The Morgan fingerprint density at radius 1 is 1.18 bits per heavy atom. The number of methoxy groups -OCH3 is 1. The number of carbonyl (C=O) groups is 1. The Morgan fingerprint density at radius 3 is 2.64 bits per heavy atom. The molecular formula is C22H23N3O3. The van der Waals surface area contributed by atoms with Gasteiger partial charge in [-0.25, -0.2) is 0 Å². The molecule has 2 aromatic carbocycles. The Hall–Kier alpha value is -3.15. The number of hydrogen-bond donors (Lipinski definition) is 0. The van der Waals surface area contributed by atoms with Gasteiger partial charge in [0.2, 0.25) is 17.6 Å². The summed E-state index contributed by atoms with van der Waals surface area (Å²) in [5.74, 6) is 1.89. The van der Waals surface area contributed by atoms with Gasteiger partial charge in [0.1, 0.15) is 11.8 Å². The summed E-state index contributed by atoms with van der Waals surface area (Å²) in [6.45, 7) is 2.76. The van der Waals surface area contributed by atoms with Gasteiger partial charge in [-0.1, -0.05) is 35.0 Å². The molecule has 1 atom stereocenters. The van der Waals surface area contributed by atoms with Gasteiger partial charge in [-0.15, -0.1) is 0 Å². The fourth-order valence-corrected chi connectivity index (χ4v) is 3.53. The second-order valence-corrected chi connectivity index (χ2v) is 7.09. The van der Waals surface area contributed by atoms with Crippen LogP contribution in [0, 0.1) is 6.92 Å². The lowest BCUT2D eigenvalue weighted by molar-refractivity contribution is -0.131. The van der Waals surface area contributed by atoms with Gasteiger partial charge >= 0.3 is 0 Å². The molecule has 1 saturated heterocycles. The van der Waals surface area contributed by atoms with Crippen LogP contribution in [0.5, 0.6) is 5.75 Å². The van der Waals surface area contributed by atoms with Crippen molar-refractivity contribution in [2.24, 2.45) is 0 Å². The smallest absolute Gasteiger partial charge is 0.249 e. The summed E-state index contributed by atoms with van der Waals surface area (Å²) in [7, 11) is 1.63. The van der Waals surface area contributed by atoms with Crippen molar-refractivity contribution >= 4 is 5.91 Å². The SMILES string of the molecule is COc1ccc(-c2noc([C@H]3CCCN3C(=O)Cc3ccc(C)cc3)n2)cc1. The van der Waals surface area contributed by atoms with E-state index in [1.807, 2.05) is 60.4 Å². The summed E-state index contributed by atoms with van der Waals surface area (Å²) in [6.07, 6.45) is 2.16. The Kier molecular flexibility index (Phi) is 5.10. The number of aryl methyl sites for hydroxylation is 1. The van der Waals surface area contributed by atoms with Crippen molar-refractivity contribution in [3.8, 4) is 17.1 Å². The highest BCUT2D eigenvalue weighted by Gasteiger charge is 2.34. The maximum Gasteiger partial charge on any atom is 0.249 e. The molecule has 1 amide bonds. The lowest BCUT2D eigenvalue weighted by Crippen LogP contribution is -2.32. The molecule has 2 heterocycles. The van der Waals surface area contributed by atoms with Crippen LogP contribution in [0.4, 0.5) is 0 Å². The molecule has 1 fully saturated rings. The maximum atomic E-state index is 12.9. The first-order chi connectivity index (χ1) is 13.6. The molecule has 1 aliphatic rings. The molecule has 4 rings (SSSR count). The molecule has 1 aliphatic heterocycles. The predicted octanol–water partition coefficient (Wildman–Crippen LogP) is 3.96. The molecule has 0 spiro atoms. The van der Waals surface area contributed by atoms with Crippen molar-refractivity contribution in [3.63, 3.8) is 0 Å². The number of rotatable bonds is 5. The van der Waals surface area contributed by atoms with Gasteiger partial charge in [-0.2, -0.15) is 4.98 Å². The van der Waals surface area contributed by atoms with E-state index in [4.69, 9.17) is 9.26 Å². The molecule has 0 radical (unpaired) electrons. The van der Waals surface area contributed by atoms with E-state index >= 15 is 0 Å². The van der Waals surface area contributed by atoms with Crippen LogP contribution in [0.25, 0.3) is 11.4 Å². The summed E-state index contributed by atoms with van der Waals surface area (Å²) < 4.78 is 10.7. The molecule has 28 heavy (non-hydrogen) atoms. The predicted molar refractivity (Wildman–Crippen MR) is 105 cm³/mol. The molecule has 6 nitrogen and oxygen atoms in total. The van der Waals surface area contributed by atoms with Crippen molar-refractivity contribution in [1.82, 2.24) is 15.0 Å². The summed E-state index contributed by atoms with van der Waals surface area (Å²) in [6, 6.07) is 15.4. The number of nitrogens with zero attached hydrogens (tertiary/aromatic N) is 3. The highest BCUT2D eigenvalue weighted by molar-refractivity contribution is 5.79. The second-order valence-electron chi connectivity index (χ2n) is 7.09. The normalized spacial score (nSPS) is 16.4. The Morgan fingerprint density at radius 2 is 1.93 bits per heavy atom. The Labute approximate surface area is 164 Å². The fourth-order valence-electron chi connectivity index (χ4n) is 3.53. The molecule has 0 unspecified atom stereocenters. The van der Waals surface area contributed by atoms with Gasteiger partial charge in [-0.05, 0) is 49.6 Å². The van der Waals surface area contributed by atoms with Gasteiger partial charge in [0.15, 0.2) is 0 Å². The number of benzene rings is 2. The second kappa shape index (κ2) is 7.84. The van der Waals surface area contributed by atoms with Crippen LogP contribution in [-0.2, 0) is 11.2 Å². The van der Waals surface area contributed by atoms with E-state index in [-0.39, 0.29) is 11.9 Å². The molecule has 0 saturated carbocycles. The van der Waals surface area contributed by atoms with Crippen LogP contribution >= 0.6 is 0 Å². The third-order valence-electron chi connectivity index (χ3n) is 5.12. The molecule has 144 valence electrons. The monoisotopic (exact) mass is 377 g/mol. The van der Waals surface area contributed by atoms with E-state index in [0.29, 0.717) is 18.1 Å². The average Bonchev–Trinajstić information content (AvgIpc) is 3.39. The standard InChI is InChI=1S/C22H23N3O3/c1-15-5-7-16(8-6-15)14-20(26)25-13-3-4-19(25)22-23-21(24-28-22)17-9-11-18(27-2)12-10-17/h5-12,19H,3-4,13-14H2,1-2H3/t19-/m1/s1. The number of likely N-dealkylation sites (tertiary alicyclic amines) is 1. The van der Waals surface area contributed by atoms with E-state index in [9.17, 15) is 4.79 Å². The zero-order chi connectivity index (χ0) is 19.5. The highest BCUT2D eigenvalue weighted by atomic mass is 16.5. The Balaban J connectivity index is 1.49. The van der Waals surface area contributed by atoms with Crippen molar-refractivity contribution in [1.29, 1.82) is 0 Å².